The lowest BCUT2D eigenvalue weighted by atomic mass is 10.4. The first-order chi connectivity index (χ1) is 8.63. The number of hydrogen-bond donors (Lipinski definition) is 3. The highest BCUT2D eigenvalue weighted by atomic mass is 32.1. The van der Waals surface area contributed by atoms with Gasteiger partial charge in [0, 0.05) is 18.3 Å². The molecule has 0 aliphatic carbocycles. The van der Waals surface area contributed by atoms with Gasteiger partial charge in [0.25, 0.3) is 0 Å². The number of carboxylic acids is 1. The molecule has 0 bridgehead atoms. The predicted octanol–water partition coefficient (Wildman–Crippen LogP) is 0.706. The number of amides is 2. The third-order valence-electron chi connectivity index (χ3n) is 1.91. The topological polar surface area (TPSA) is 91.3 Å². The highest BCUT2D eigenvalue weighted by Crippen LogP contribution is 2.09. The first-order valence-electron chi connectivity index (χ1n) is 5.22. The number of hydrogen-bond acceptors (Lipinski definition) is 4. The summed E-state index contributed by atoms with van der Waals surface area (Å²) in [7, 11) is 0. The molecule has 0 radical (unpaired) electrons. The molecule has 6 nitrogen and oxygen atoms in total. The molecule has 1 rings (SSSR count). The van der Waals surface area contributed by atoms with Crippen LogP contribution in [0.3, 0.4) is 0 Å². The second-order valence-electron chi connectivity index (χ2n) is 3.22. The number of nitrogens with zero attached hydrogens (tertiary/aromatic N) is 1. The summed E-state index contributed by atoms with van der Waals surface area (Å²) in [5.41, 5.74) is 0.0395. The summed E-state index contributed by atoms with van der Waals surface area (Å²) in [5, 5.41) is 16.0. The van der Waals surface area contributed by atoms with E-state index in [1.165, 1.54) is 16.7 Å². The molecule has 0 saturated carbocycles. The Kier molecular flexibility index (Phi) is 5.67. The number of urea groups is 1. The van der Waals surface area contributed by atoms with E-state index in [0.29, 0.717) is 24.5 Å². The Labute approximate surface area is 108 Å². The van der Waals surface area contributed by atoms with Crippen LogP contribution in [0.15, 0.2) is 5.38 Å². The lowest BCUT2D eigenvalue weighted by Gasteiger charge is -2.03. The van der Waals surface area contributed by atoms with Crippen LogP contribution in [0, 0.1) is 11.8 Å². The summed E-state index contributed by atoms with van der Waals surface area (Å²) in [6.07, 6.45) is 0.505. The van der Waals surface area contributed by atoms with Crippen molar-refractivity contribution in [3.8, 4) is 11.8 Å². The van der Waals surface area contributed by atoms with Crippen molar-refractivity contribution >= 4 is 23.3 Å². The van der Waals surface area contributed by atoms with Gasteiger partial charge in [-0.1, -0.05) is 5.92 Å². The molecule has 0 unspecified atom stereocenters. The number of aromatic nitrogens is 1. The number of carboxylic acid groups (broad SMARTS) is 1. The molecule has 1 heterocycles. The van der Waals surface area contributed by atoms with Gasteiger partial charge in [0.15, 0.2) is 5.69 Å². The molecule has 0 spiro atoms. The molecule has 1 aromatic heterocycles. The summed E-state index contributed by atoms with van der Waals surface area (Å²) in [6.45, 7) is 2.41. The van der Waals surface area contributed by atoms with Crippen molar-refractivity contribution in [2.24, 2.45) is 0 Å². The molecule has 3 N–H and O–H groups in total. The summed E-state index contributed by atoms with van der Waals surface area (Å²) < 4.78 is 0. The van der Waals surface area contributed by atoms with Gasteiger partial charge in [0.1, 0.15) is 0 Å². The average Bonchev–Trinajstić information content (AvgIpc) is 2.78. The maximum atomic E-state index is 11.2. The van der Waals surface area contributed by atoms with E-state index in [4.69, 9.17) is 5.11 Å². The minimum atomic E-state index is -1.04. The Bertz CT molecular complexity index is 487. The Balaban J connectivity index is 2.25. The van der Waals surface area contributed by atoms with Crippen LogP contribution in [0.1, 0.15) is 22.4 Å². The van der Waals surface area contributed by atoms with Crippen LogP contribution in [0.2, 0.25) is 0 Å². The fourth-order valence-electron chi connectivity index (χ4n) is 1.08. The molecule has 1 aromatic rings. The van der Waals surface area contributed by atoms with E-state index < -0.39 is 5.97 Å². The molecule has 96 valence electrons. The number of rotatable bonds is 5. The molecule has 0 aromatic carbocycles. The third-order valence-corrected chi connectivity index (χ3v) is 2.82. The van der Waals surface area contributed by atoms with E-state index >= 15 is 0 Å². The van der Waals surface area contributed by atoms with Crippen molar-refractivity contribution in [1.82, 2.24) is 15.6 Å². The van der Waals surface area contributed by atoms with Gasteiger partial charge in [-0.3, -0.25) is 0 Å². The van der Waals surface area contributed by atoms with Gasteiger partial charge < -0.3 is 15.7 Å². The van der Waals surface area contributed by atoms with Crippen LogP contribution in [0.25, 0.3) is 0 Å². The standard InChI is InChI=1S/C11H13N3O3S/c1-2-3-5-12-11(17)13-6-4-9-14-8(7-18-9)10(15)16/h7H,4-6H2,1H3,(H,15,16)(H2,12,13,17). The van der Waals surface area contributed by atoms with Gasteiger partial charge in [0.05, 0.1) is 11.6 Å². The first-order valence-corrected chi connectivity index (χ1v) is 6.10. The van der Waals surface area contributed by atoms with Crippen LogP contribution in [-0.2, 0) is 6.42 Å². The number of aromatic carboxylic acids is 1. The maximum absolute atomic E-state index is 11.2. The van der Waals surface area contributed by atoms with Gasteiger partial charge in [-0.2, -0.15) is 0 Å². The Morgan fingerprint density at radius 1 is 1.50 bits per heavy atom. The average molecular weight is 267 g/mol. The van der Waals surface area contributed by atoms with Gasteiger partial charge in [-0.15, -0.1) is 17.3 Å². The second kappa shape index (κ2) is 7.29. The van der Waals surface area contributed by atoms with E-state index in [2.05, 4.69) is 27.5 Å². The van der Waals surface area contributed by atoms with Crippen molar-refractivity contribution in [2.45, 2.75) is 13.3 Å². The molecule has 0 fully saturated rings. The molecule has 0 aliphatic rings. The van der Waals surface area contributed by atoms with Crippen LogP contribution >= 0.6 is 11.3 Å². The molecular weight excluding hydrogens is 254 g/mol. The predicted molar refractivity (Wildman–Crippen MR) is 67.6 cm³/mol. The van der Waals surface area contributed by atoms with Crippen LogP contribution < -0.4 is 10.6 Å². The minimum absolute atomic E-state index is 0.0395. The van der Waals surface area contributed by atoms with Gasteiger partial charge in [-0.05, 0) is 6.92 Å². The first kappa shape index (κ1) is 14.0. The van der Waals surface area contributed by atoms with Crippen molar-refractivity contribution in [3.05, 3.63) is 16.1 Å². The van der Waals surface area contributed by atoms with E-state index in [1.807, 2.05) is 0 Å². The minimum Gasteiger partial charge on any atom is -0.476 e. The Morgan fingerprint density at radius 2 is 2.28 bits per heavy atom. The summed E-state index contributed by atoms with van der Waals surface area (Å²) >= 11 is 1.27. The number of carbonyl (C=O) groups is 2. The van der Waals surface area contributed by atoms with E-state index in [1.54, 1.807) is 6.92 Å². The molecule has 0 atom stereocenters. The lowest BCUT2D eigenvalue weighted by Crippen LogP contribution is -2.36. The summed E-state index contributed by atoms with van der Waals surface area (Å²) in [5.74, 6) is 4.33. The summed E-state index contributed by atoms with van der Waals surface area (Å²) in [6, 6.07) is -0.298. The smallest absolute Gasteiger partial charge is 0.355 e. The van der Waals surface area contributed by atoms with E-state index in [9.17, 15) is 9.59 Å². The SMILES string of the molecule is CC#CCNC(=O)NCCc1nc(C(=O)O)cs1. The molecule has 18 heavy (non-hydrogen) atoms. The zero-order valence-corrected chi connectivity index (χ0v) is 10.6. The van der Waals surface area contributed by atoms with Crippen LogP contribution in [-0.4, -0.2) is 35.2 Å². The van der Waals surface area contributed by atoms with Gasteiger partial charge in [0.2, 0.25) is 0 Å². The second-order valence-corrected chi connectivity index (χ2v) is 4.16. The molecule has 2 amide bonds. The molecule has 0 aliphatic heterocycles. The number of nitrogens with one attached hydrogen (secondary N) is 2. The third kappa shape index (κ3) is 4.84. The normalized spacial score (nSPS) is 9.17. The quantitative estimate of drug-likeness (QED) is 0.685. The number of carbonyl (C=O) groups excluding carboxylic acids is 1. The molecular formula is C11H13N3O3S. The lowest BCUT2D eigenvalue weighted by molar-refractivity contribution is 0.0691. The van der Waals surface area contributed by atoms with Gasteiger partial charge in [-0.25, -0.2) is 14.6 Å². The van der Waals surface area contributed by atoms with Crippen LogP contribution in [0.5, 0.6) is 0 Å². The van der Waals surface area contributed by atoms with Crippen molar-refractivity contribution in [3.63, 3.8) is 0 Å². The van der Waals surface area contributed by atoms with E-state index in [-0.39, 0.29) is 11.7 Å². The molecule has 7 heteroatoms. The summed E-state index contributed by atoms with van der Waals surface area (Å²) in [4.78, 5) is 25.7. The van der Waals surface area contributed by atoms with Crippen molar-refractivity contribution < 1.29 is 14.7 Å². The zero-order valence-electron chi connectivity index (χ0n) is 9.82. The largest absolute Gasteiger partial charge is 0.476 e. The van der Waals surface area contributed by atoms with Crippen molar-refractivity contribution in [2.75, 3.05) is 13.1 Å². The van der Waals surface area contributed by atoms with E-state index in [0.717, 1.165) is 0 Å². The van der Waals surface area contributed by atoms with Gasteiger partial charge >= 0.3 is 12.0 Å². The number of thiazole rings is 1. The molecule has 0 saturated heterocycles. The zero-order chi connectivity index (χ0) is 13.4. The highest BCUT2D eigenvalue weighted by molar-refractivity contribution is 7.09. The van der Waals surface area contributed by atoms with Crippen molar-refractivity contribution in [1.29, 1.82) is 0 Å². The maximum Gasteiger partial charge on any atom is 0.355 e. The Morgan fingerprint density at radius 3 is 2.89 bits per heavy atom. The fraction of sp³-hybridized carbons (Fsp3) is 0.364. The monoisotopic (exact) mass is 267 g/mol. The highest BCUT2D eigenvalue weighted by Gasteiger charge is 2.08. The Hall–Kier alpha value is -2.07. The van der Waals surface area contributed by atoms with Crippen LogP contribution in [0.4, 0.5) is 4.79 Å². The fourth-order valence-corrected chi connectivity index (χ4v) is 1.85.